The molecule has 1 unspecified atom stereocenters. The van der Waals surface area contributed by atoms with Gasteiger partial charge in [-0.3, -0.25) is 4.79 Å². The quantitative estimate of drug-likeness (QED) is 0.912. The summed E-state index contributed by atoms with van der Waals surface area (Å²) < 4.78 is 5.26. The van der Waals surface area contributed by atoms with Crippen LogP contribution in [0, 0.1) is 18.3 Å². The Hall–Kier alpha value is -2.06. The number of rotatable bonds is 3. The molecule has 106 valence electrons. The number of ether oxygens (including phenoxy) is 1. The van der Waals surface area contributed by atoms with E-state index in [4.69, 9.17) is 10.00 Å². The molecule has 0 saturated carbocycles. The number of carbonyl (C=O) groups excluding carboxylic acids is 1. The van der Waals surface area contributed by atoms with Gasteiger partial charge in [0.1, 0.15) is 0 Å². The molecule has 2 rings (SSSR count). The lowest BCUT2D eigenvalue weighted by Crippen LogP contribution is -2.45. The van der Waals surface area contributed by atoms with Crippen LogP contribution in [0.5, 0.6) is 0 Å². The molecule has 1 heterocycles. The van der Waals surface area contributed by atoms with Gasteiger partial charge < -0.3 is 15.0 Å². The summed E-state index contributed by atoms with van der Waals surface area (Å²) in [7, 11) is 0. The third kappa shape index (κ3) is 3.09. The summed E-state index contributed by atoms with van der Waals surface area (Å²) in [5.41, 5.74) is 2.64. The number of aryl methyl sites for hydroxylation is 1. The van der Waals surface area contributed by atoms with Crippen LogP contribution in [0.3, 0.4) is 0 Å². The molecule has 1 fully saturated rings. The Kier molecular flexibility index (Phi) is 4.59. The van der Waals surface area contributed by atoms with Crippen LogP contribution in [-0.4, -0.2) is 43.2 Å². The van der Waals surface area contributed by atoms with Crippen molar-refractivity contribution in [2.24, 2.45) is 0 Å². The largest absolute Gasteiger partial charge is 0.385 e. The number of carbonyl (C=O) groups is 1. The first-order valence-electron chi connectivity index (χ1n) is 6.80. The van der Waals surface area contributed by atoms with Gasteiger partial charge in [-0.05, 0) is 37.6 Å². The van der Waals surface area contributed by atoms with Gasteiger partial charge in [0.25, 0.3) is 5.91 Å². The Labute approximate surface area is 119 Å². The van der Waals surface area contributed by atoms with Gasteiger partial charge in [0, 0.05) is 24.3 Å². The lowest BCUT2D eigenvalue weighted by molar-refractivity contribution is 0.00343. The fourth-order valence-electron chi connectivity index (χ4n) is 2.30. The second-order valence-corrected chi connectivity index (χ2v) is 4.80. The number of nitrogens with one attached hydrogen (secondary N) is 1. The minimum absolute atomic E-state index is 0.0332. The van der Waals surface area contributed by atoms with Gasteiger partial charge in [0.15, 0.2) is 6.10 Å². The second-order valence-electron chi connectivity index (χ2n) is 4.80. The molecule has 1 aromatic rings. The Morgan fingerprint density at radius 3 is 3.05 bits per heavy atom. The van der Waals surface area contributed by atoms with Crippen molar-refractivity contribution >= 4 is 11.6 Å². The predicted molar refractivity (Wildman–Crippen MR) is 76.6 cm³/mol. The van der Waals surface area contributed by atoms with Gasteiger partial charge in [0.2, 0.25) is 0 Å². The fraction of sp³-hybridized carbons (Fsp3) is 0.467. The van der Waals surface area contributed by atoms with Crippen LogP contribution in [0.1, 0.15) is 22.8 Å². The number of nitriles is 1. The molecule has 5 heteroatoms. The standard InChI is InChI=1S/C15H19N3O2/c1-3-17-12-4-5-14(11(2)8-12)15(19)18-6-7-20-13(9-16)10-18/h4-5,8,13,17H,3,6-7,10H2,1-2H3. The maximum atomic E-state index is 12.5. The molecule has 5 nitrogen and oxygen atoms in total. The van der Waals surface area contributed by atoms with Crippen LogP contribution in [0.4, 0.5) is 5.69 Å². The minimum Gasteiger partial charge on any atom is -0.385 e. The van der Waals surface area contributed by atoms with Crippen LogP contribution in [0.15, 0.2) is 18.2 Å². The van der Waals surface area contributed by atoms with Crippen molar-refractivity contribution in [3.63, 3.8) is 0 Å². The van der Waals surface area contributed by atoms with Crippen molar-refractivity contribution in [2.45, 2.75) is 20.0 Å². The van der Waals surface area contributed by atoms with Crippen LogP contribution in [0.2, 0.25) is 0 Å². The molecular weight excluding hydrogens is 254 g/mol. The van der Waals surface area contributed by atoms with Gasteiger partial charge >= 0.3 is 0 Å². The maximum Gasteiger partial charge on any atom is 0.254 e. The summed E-state index contributed by atoms with van der Waals surface area (Å²) in [6, 6.07) is 7.77. The number of hydrogen-bond acceptors (Lipinski definition) is 4. The summed E-state index contributed by atoms with van der Waals surface area (Å²) in [5, 5.41) is 12.1. The van der Waals surface area contributed by atoms with E-state index in [2.05, 4.69) is 11.4 Å². The average molecular weight is 273 g/mol. The smallest absolute Gasteiger partial charge is 0.254 e. The molecule has 1 atom stereocenters. The lowest BCUT2D eigenvalue weighted by Gasteiger charge is -2.30. The van der Waals surface area contributed by atoms with Gasteiger partial charge in [-0.2, -0.15) is 5.26 Å². The Morgan fingerprint density at radius 1 is 1.60 bits per heavy atom. The van der Waals surface area contributed by atoms with Crippen molar-refractivity contribution < 1.29 is 9.53 Å². The zero-order valence-corrected chi connectivity index (χ0v) is 11.8. The zero-order valence-electron chi connectivity index (χ0n) is 11.8. The molecule has 1 saturated heterocycles. The fourth-order valence-corrected chi connectivity index (χ4v) is 2.30. The molecule has 0 bridgehead atoms. The van der Waals surface area contributed by atoms with Gasteiger partial charge in [-0.25, -0.2) is 0 Å². The Bertz CT molecular complexity index is 536. The maximum absolute atomic E-state index is 12.5. The highest BCUT2D eigenvalue weighted by molar-refractivity contribution is 5.96. The second kappa shape index (κ2) is 6.40. The summed E-state index contributed by atoms with van der Waals surface area (Å²) in [5.74, 6) is -0.0332. The van der Waals surface area contributed by atoms with Crippen LogP contribution in [0.25, 0.3) is 0 Å². The topological polar surface area (TPSA) is 65.4 Å². The molecule has 20 heavy (non-hydrogen) atoms. The molecule has 1 aliphatic rings. The Balaban J connectivity index is 2.14. The van der Waals surface area contributed by atoms with E-state index in [1.807, 2.05) is 32.0 Å². The van der Waals surface area contributed by atoms with Crippen LogP contribution >= 0.6 is 0 Å². The molecule has 1 aromatic carbocycles. The van der Waals surface area contributed by atoms with E-state index in [1.165, 1.54) is 0 Å². The van der Waals surface area contributed by atoms with Crippen molar-refractivity contribution in [1.29, 1.82) is 5.26 Å². The van der Waals surface area contributed by atoms with Gasteiger partial charge in [-0.1, -0.05) is 0 Å². The SMILES string of the molecule is CCNc1ccc(C(=O)N2CCOC(C#N)C2)c(C)c1. The van der Waals surface area contributed by atoms with Crippen molar-refractivity contribution in [1.82, 2.24) is 4.90 Å². The molecule has 1 amide bonds. The van der Waals surface area contributed by atoms with Gasteiger partial charge in [0.05, 0.1) is 19.2 Å². The number of hydrogen-bond donors (Lipinski definition) is 1. The number of amides is 1. The first-order valence-corrected chi connectivity index (χ1v) is 6.80. The zero-order chi connectivity index (χ0) is 14.5. The van der Waals surface area contributed by atoms with Crippen LogP contribution < -0.4 is 5.32 Å². The van der Waals surface area contributed by atoms with E-state index < -0.39 is 6.10 Å². The predicted octanol–water partition coefficient (Wildman–Crippen LogP) is 1.79. The summed E-state index contributed by atoms with van der Waals surface area (Å²) in [4.78, 5) is 14.2. The third-order valence-corrected chi connectivity index (χ3v) is 3.34. The van der Waals surface area contributed by atoms with E-state index >= 15 is 0 Å². The van der Waals surface area contributed by atoms with E-state index in [9.17, 15) is 4.79 Å². The number of benzene rings is 1. The van der Waals surface area contributed by atoms with Gasteiger partial charge in [-0.15, -0.1) is 0 Å². The van der Waals surface area contributed by atoms with Crippen LogP contribution in [-0.2, 0) is 4.74 Å². The number of morpholine rings is 1. The molecule has 0 radical (unpaired) electrons. The highest BCUT2D eigenvalue weighted by Crippen LogP contribution is 2.18. The summed E-state index contributed by atoms with van der Waals surface area (Å²) >= 11 is 0. The van der Waals surface area contributed by atoms with Crippen molar-refractivity contribution in [2.75, 3.05) is 31.6 Å². The first kappa shape index (κ1) is 14.4. The monoisotopic (exact) mass is 273 g/mol. The van der Waals surface area contributed by atoms with Crippen molar-refractivity contribution in [3.8, 4) is 6.07 Å². The molecule has 0 aromatic heterocycles. The highest BCUT2D eigenvalue weighted by atomic mass is 16.5. The summed E-state index contributed by atoms with van der Waals surface area (Å²) in [6.45, 7) is 6.09. The minimum atomic E-state index is -0.519. The van der Waals surface area contributed by atoms with E-state index in [0.717, 1.165) is 17.8 Å². The normalized spacial score (nSPS) is 18.4. The Morgan fingerprint density at radius 2 is 2.40 bits per heavy atom. The van der Waals surface area contributed by atoms with E-state index in [1.54, 1.807) is 4.90 Å². The lowest BCUT2D eigenvalue weighted by atomic mass is 10.1. The number of nitrogens with zero attached hydrogens (tertiary/aromatic N) is 2. The van der Waals surface area contributed by atoms with E-state index in [-0.39, 0.29) is 5.91 Å². The molecule has 1 aliphatic heterocycles. The van der Waals surface area contributed by atoms with E-state index in [0.29, 0.717) is 25.3 Å². The third-order valence-electron chi connectivity index (χ3n) is 3.34. The van der Waals surface area contributed by atoms with Crippen molar-refractivity contribution in [3.05, 3.63) is 29.3 Å². The summed E-state index contributed by atoms with van der Waals surface area (Å²) in [6.07, 6.45) is -0.519. The molecule has 0 spiro atoms. The average Bonchev–Trinajstić information content (AvgIpc) is 2.47. The molecular formula is C15H19N3O2. The first-order chi connectivity index (χ1) is 9.65. The highest BCUT2D eigenvalue weighted by Gasteiger charge is 2.25. The molecule has 0 aliphatic carbocycles. The number of anilines is 1. The molecule has 1 N–H and O–H groups in total.